The molecule has 2 heterocycles. The normalized spacial score (nSPS) is 11.9. The minimum atomic E-state index is -3.74. The van der Waals surface area contributed by atoms with E-state index in [1.807, 2.05) is 18.2 Å². The molecule has 0 spiro atoms. The van der Waals surface area contributed by atoms with Gasteiger partial charge in [-0.05, 0) is 37.1 Å². The van der Waals surface area contributed by atoms with Gasteiger partial charge in [-0.1, -0.05) is 56.5 Å². The second-order valence-electron chi connectivity index (χ2n) is 6.62. The van der Waals surface area contributed by atoms with E-state index in [-0.39, 0.29) is 4.90 Å². The van der Waals surface area contributed by atoms with Gasteiger partial charge in [0, 0.05) is 23.5 Å². The fraction of sp³-hybridized carbons (Fsp3) is 0.273. The van der Waals surface area contributed by atoms with Gasteiger partial charge in [0.15, 0.2) is 0 Å². The Labute approximate surface area is 166 Å². The summed E-state index contributed by atoms with van der Waals surface area (Å²) in [6.07, 6.45) is 14.7. The Hall–Kier alpha value is -2.73. The van der Waals surface area contributed by atoms with Crippen LogP contribution in [0.15, 0.2) is 72.0 Å². The first-order chi connectivity index (χ1) is 13.6. The average molecular weight is 396 g/mol. The number of unbranched alkanes of at least 4 members (excludes halogenated alkanes) is 4. The molecule has 0 saturated carbocycles. The summed E-state index contributed by atoms with van der Waals surface area (Å²) in [7, 11) is -3.74. The van der Waals surface area contributed by atoms with Gasteiger partial charge in [-0.25, -0.2) is 0 Å². The molecular weight excluding hydrogens is 370 g/mol. The molecule has 5 nitrogen and oxygen atoms in total. The maximum absolute atomic E-state index is 12.9. The molecule has 0 aliphatic heterocycles. The van der Waals surface area contributed by atoms with Crippen LogP contribution < -0.4 is 0 Å². The lowest BCUT2D eigenvalue weighted by Gasteiger charge is -2.03. The number of nitrogens with zero attached hydrogens (tertiary/aromatic N) is 3. The molecule has 0 unspecified atom stereocenters. The molecule has 28 heavy (non-hydrogen) atoms. The Balaban J connectivity index is 1.93. The van der Waals surface area contributed by atoms with Crippen molar-refractivity contribution < 1.29 is 8.42 Å². The fourth-order valence-electron chi connectivity index (χ4n) is 2.94. The molecule has 2 aromatic heterocycles. The van der Waals surface area contributed by atoms with Crippen LogP contribution in [0.4, 0.5) is 0 Å². The number of rotatable bonds is 9. The van der Waals surface area contributed by atoms with E-state index >= 15 is 0 Å². The summed E-state index contributed by atoms with van der Waals surface area (Å²) in [5.41, 5.74) is 2.16. The molecule has 6 heteroatoms. The van der Waals surface area contributed by atoms with Crippen molar-refractivity contribution in [2.24, 2.45) is 0 Å². The summed E-state index contributed by atoms with van der Waals surface area (Å²) in [5.74, 6) is 0. The summed E-state index contributed by atoms with van der Waals surface area (Å²) in [6.45, 7) is 2.19. The van der Waals surface area contributed by atoms with Crippen LogP contribution in [-0.2, 0) is 10.0 Å². The smallest absolute Gasteiger partial charge is 0.264 e. The van der Waals surface area contributed by atoms with Crippen molar-refractivity contribution in [1.29, 1.82) is 0 Å². The molecule has 0 saturated heterocycles. The van der Waals surface area contributed by atoms with Crippen molar-refractivity contribution in [1.82, 2.24) is 14.2 Å². The summed E-state index contributed by atoms with van der Waals surface area (Å²) < 4.78 is 26.9. The molecule has 0 radical (unpaired) electrons. The third kappa shape index (κ3) is 4.75. The van der Waals surface area contributed by atoms with E-state index in [0.29, 0.717) is 5.69 Å². The highest BCUT2D eigenvalue weighted by Crippen LogP contribution is 2.25. The minimum absolute atomic E-state index is 0.213. The molecule has 0 atom stereocenters. The van der Waals surface area contributed by atoms with Crippen molar-refractivity contribution >= 4 is 16.1 Å². The van der Waals surface area contributed by atoms with Gasteiger partial charge in [0.2, 0.25) is 0 Å². The van der Waals surface area contributed by atoms with Gasteiger partial charge >= 0.3 is 0 Å². The number of hydrogen-bond acceptors (Lipinski definition) is 4. The fourth-order valence-corrected chi connectivity index (χ4v) is 4.10. The van der Waals surface area contributed by atoms with Gasteiger partial charge in [0.05, 0.1) is 11.1 Å². The van der Waals surface area contributed by atoms with Gasteiger partial charge in [0.25, 0.3) is 10.0 Å². The lowest BCUT2D eigenvalue weighted by Crippen LogP contribution is -2.13. The zero-order valence-corrected chi connectivity index (χ0v) is 16.8. The van der Waals surface area contributed by atoms with E-state index in [1.165, 1.54) is 19.3 Å². The van der Waals surface area contributed by atoms with Crippen LogP contribution in [-0.4, -0.2) is 22.6 Å². The van der Waals surface area contributed by atoms with Crippen molar-refractivity contribution in [3.63, 3.8) is 0 Å². The Morgan fingerprint density at radius 2 is 1.86 bits per heavy atom. The van der Waals surface area contributed by atoms with E-state index in [0.717, 1.165) is 28.1 Å². The summed E-state index contributed by atoms with van der Waals surface area (Å²) >= 11 is 0. The lowest BCUT2D eigenvalue weighted by molar-refractivity contribution is 0.580. The van der Waals surface area contributed by atoms with Gasteiger partial charge in [0.1, 0.15) is 5.69 Å². The lowest BCUT2D eigenvalue weighted by atomic mass is 10.1. The van der Waals surface area contributed by atoms with E-state index in [9.17, 15) is 8.42 Å². The molecular formula is C22H25N3O2S. The van der Waals surface area contributed by atoms with Crippen molar-refractivity contribution in [2.45, 2.75) is 43.9 Å². The summed E-state index contributed by atoms with van der Waals surface area (Å²) in [6, 6.07) is 12.0. The second-order valence-corrected chi connectivity index (χ2v) is 8.41. The van der Waals surface area contributed by atoms with Crippen LogP contribution in [0.3, 0.4) is 0 Å². The number of allylic oxidation sites excluding steroid dienone is 1. The van der Waals surface area contributed by atoms with Gasteiger partial charge < -0.3 is 0 Å². The van der Waals surface area contributed by atoms with E-state index < -0.39 is 10.0 Å². The Morgan fingerprint density at radius 3 is 2.57 bits per heavy atom. The highest BCUT2D eigenvalue weighted by Gasteiger charge is 2.20. The number of pyridine rings is 1. The zero-order valence-electron chi connectivity index (χ0n) is 16.0. The Bertz CT molecular complexity index is 1010. The standard InChI is InChI=1S/C22H25N3O2S/c1-2-3-4-5-6-8-12-20-18-25(24-22(20)19-13-11-16-23-17-19)28(26,27)21-14-9-7-10-15-21/h7-18H,2-6H2,1H3/b12-8+. The van der Waals surface area contributed by atoms with Gasteiger partial charge in [-0.2, -0.15) is 17.6 Å². The minimum Gasteiger partial charge on any atom is -0.264 e. The van der Waals surface area contributed by atoms with Crippen LogP contribution >= 0.6 is 0 Å². The predicted octanol–water partition coefficient (Wildman–Crippen LogP) is 5.17. The molecule has 0 N–H and O–H groups in total. The molecule has 146 valence electrons. The molecule has 1 aromatic carbocycles. The largest absolute Gasteiger partial charge is 0.282 e. The quantitative estimate of drug-likeness (QED) is 0.469. The van der Waals surface area contributed by atoms with Crippen LogP contribution in [0.1, 0.15) is 44.6 Å². The average Bonchev–Trinajstić information content (AvgIpc) is 3.17. The molecule has 0 fully saturated rings. The summed E-state index contributed by atoms with van der Waals surface area (Å²) in [5, 5.41) is 4.39. The SMILES string of the molecule is CCCCCC/C=C/c1cn(S(=O)(=O)c2ccccc2)nc1-c1cccnc1. The predicted molar refractivity (Wildman–Crippen MR) is 112 cm³/mol. The number of benzene rings is 1. The second kappa shape index (κ2) is 9.46. The first kappa shape index (κ1) is 20.0. The van der Waals surface area contributed by atoms with Gasteiger partial charge in [-0.15, -0.1) is 0 Å². The van der Waals surface area contributed by atoms with Crippen molar-refractivity contribution in [3.8, 4) is 11.3 Å². The van der Waals surface area contributed by atoms with Gasteiger partial charge in [-0.3, -0.25) is 4.98 Å². The maximum Gasteiger partial charge on any atom is 0.282 e. The zero-order chi connectivity index (χ0) is 19.8. The van der Waals surface area contributed by atoms with Crippen LogP contribution in [0, 0.1) is 0 Å². The van der Waals surface area contributed by atoms with Crippen molar-refractivity contribution in [2.75, 3.05) is 0 Å². The van der Waals surface area contributed by atoms with E-state index in [2.05, 4.69) is 23.1 Å². The van der Waals surface area contributed by atoms with Crippen LogP contribution in [0.5, 0.6) is 0 Å². The first-order valence-electron chi connectivity index (χ1n) is 9.60. The third-order valence-electron chi connectivity index (χ3n) is 4.47. The molecule has 0 bridgehead atoms. The first-order valence-corrected chi connectivity index (χ1v) is 11.0. The van der Waals surface area contributed by atoms with Crippen molar-refractivity contribution in [3.05, 3.63) is 72.7 Å². The summed E-state index contributed by atoms with van der Waals surface area (Å²) in [4.78, 5) is 4.35. The Morgan fingerprint density at radius 1 is 1.04 bits per heavy atom. The number of aromatic nitrogens is 3. The molecule has 0 aliphatic carbocycles. The topological polar surface area (TPSA) is 64.8 Å². The highest BCUT2D eigenvalue weighted by molar-refractivity contribution is 7.89. The molecule has 0 amide bonds. The maximum atomic E-state index is 12.9. The third-order valence-corrected chi connectivity index (χ3v) is 6.01. The van der Waals surface area contributed by atoms with E-state index in [1.54, 1.807) is 48.9 Å². The molecule has 0 aliphatic rings. The Kier molecular flexibility index (Phi) is 6.76. The molecule has 3 rings (SSSR count). The van der Waals surface area contributed by atoms with Crippen LogP contribution in [0.25, 0.3) is 17.3 Å². The van der Waals surface area contributed by atoms with E-state index in [4.69, 9.17) is 0 Å². The van der Waals surface area contributed by atoms with Crippen LogP contribution in [0.2, 0.25) is 0 Å². The monoisotopic (exact) mass is 395 g/mol. The molecule has 3 aromatic rings. The highest BCUT2D eigenvalue weighted by atomic mass is 32.2. The number of hydrogen-bond donors (Lipinski definition) is 0.